The first-order valence-corrected chi connectivity index (χ1v) is 8.75. The molecule has 7 heteroatoms. The number of halogens is 3. The van der Waals surface area contributed by atoms with Crippen LogP contribution in [0.1, 0.15) is 39.1 Å². The quantitative estimate of drug-likeness (QED) is 0.747. The summed E-state index contributed by atoms with van der Waals surface area (Å²) >= 11 is 0. The van der Waals surface area contributed by atoms with Crippen LogP contribution in [-0.2, 0) is 6.18 Å². The van der Waals surface area contributed by atoms with Gasteiger partial charge in [0.25, 0.3) is 11.8 Å². The van der Waals surface area contributed by atoms with E-state index in [1.807, 2.05) is 4.90 Å². The van der Waals surface area contributed by atoms with Crippen molar-refractivity contribution in [2.75, 3.05) is 18.0 Å². The van der Waals surface area contributed by atoms with Gasteiger partial charge in [0.05, 0.1) is 16.7 Å². The first-order chi connectivity index (χ1) is 12.9. The maximum absolute atomic E-state index is 12.7. The van der Waals surface area contributed by atoms with Crippen molar-refractivity contribution < 1.29 is 22.8 Å². The SMILES string of the molecule is O=C1c2ccccc2C(=O)N1C1CCN(c2ccc(C(F)(F)F)cc2)CC1. The highest BCUT2D eigenvalue weighted by molar-refractivity contribution is 6.21. The van der Waals surface area contributed by atoms with Gasteiger partial charge in [-0.1, -0.05) is 12.1 Å². The zero-order chi connectivity index (χ0) is 19.2. The minimum atomic E-state index is -4.35. The minimum Gasteiger partial charge on any atom is -0.371 e. The molecule has 0 atom stereocenters. The molecule has 2 amide bonds. The molecule has 0 N–H and O–H groups in total. The third-order valence-electron chi connectivity index (χ3n) is 5.21. The molecule has 2 aliphatic heterocycles. The summed E-state index contributed by atoms with van der Waals surface area (Å²) in [6.07, 6.45) is -3.17. The van der Waals surface area contributed by atoms with Gasteiger partial charge in [-0.25, -0.2) is 0 Å². The highest BCUT2D eigenvalue weighted by Crippen LogP contribution is 2.32. The molecule has 1 saturated heterocycles. The van der Waals surface area contributed by atoms with E-state index in [4.69, 9.17) is 0 Å². The summed E-state index contributed by atoms with van der Waals surface area (Å²) in [5, 5.41) is 0. The Bertz CT molecular complexity index is 850. The molecule has 4 nitrogen and oxygen atoms in total. The van der Waals surface area contributed by atoms with Crippen molar-refractivity contribution in [1.82, 2.24) is 4.90 Å². The van der Waals surface area contributed by atoms with Crippen molar-refractivity contribution in [2.45, 2.75) is 25.1 Å². The molecular formula is C20H17F3N2O2. The molecule has 0 unspecified atom stereocenters. The Morgan fingerprint density at radius 2 is 1.33 bits per heavy atom. The summed E-state index contributed by atoms with van der Waals surface area (Å²) in [6.45, 7) is 1.15. The number of nitrogens with zero attached hydrogens (tertiary/aromatic N) is 2. The van der Waals surface area contributed by atoms with E-state index in [9.17, 15) is 22.8 Å². The molecule has 2 aromatic rings. The molecule has 27 heavy (non-hydrogen) atoms. The molecule has 0 saturated carbocycles. The third kappa shape index (κ3) is 3.07. The molecule has 0 aliphatic carbocycles. The van der Waals surface area contributed by atoms with Crippen LogP contribution < -0.4 is 4.90 Å². The zero-order valence-corrected chi connectivity index (χ0v) is 14.4. The van der Waals surface area contributed by atoms with Gasteiger partial charge in [-0.15, -0.1) is 0 Å². The Labute approximate surface area is 154 Å². The number of benzene rings is 2. The van der Waals surface area contributed by atoms with Crippen LogP contribution >= 0.6 is 0 Å². The lowest BCUT2D eigenvalue weighted by atomic mass is 10.0. The van der Waals surface area contributed by atoms with Gasteiger partial charge < -0.3 is 4.90 Å². The lowest BCUT2D eigenvalue weighted by molar-refractivity contribution is -0.137. The molecule has 0 spiro atoms. The van der Waals surface area contributed by atoms with Gasteiger partial charge in [-0.05, 0) is 49.2 Å². The van der Waals surface area contributed by atoms with Gasteiger partial charge in [0, 0.05) is 24.8 Å². The standard InChI is InChI=1S/C20H17F3N2O2/c21-20(22,23)13-5-7-14(8-6-13)24-11-9-15(10-12-24)25-18(26)16-3-1-2-4-17(16)19(25)27/h1-8,15H,9-12H2. The number of piperidine rings is 1. The van der Waals surface area contributed by atoms with Crippen molar-refractivity contribution in [3.63, 3.8) is 0 Å². The summed E-state index contributed by atoms with van der Waals surface area (Å²) in [5.41, 5.74) is 0.913. The van der Waals surface area contributed by atoms with Crippen molar-refractivity contribution in [1.29, 1.82) is 0 Å². The van der Waals surface area contributed by atoms with Gasteiger partial charge in [-0.3, -0.25) is 14.5 Å². The summed E-state index contributed by atoms with van der Waals surface area (Å²) in [7, 11) is 0. The molecular weight excluding hydrogens is 357 g/mol. The van der Waals surface area contributed by atoms with Crippen LogP contribution in [0.4, 0.5) is 18.9 Å². The Morgan fingerprint density at radius 1 is 0.815 bits per heavy atom. The highest BCUT2D eigenvalue weighted by atomic mass is 19.4. The molecule has 2 aromatic carbocycles. The van der Waals surface area contributed by atoms with E-state index in [2.05, 4.69) is 0 Å². The smallest absolute Gasteiger partial charge is 0.371 e. The molecule has 4 rings (SSSR count). The molecule has 2 heterocycles. The second-order valence-electron chi connectivity index (χ2n) is 6.79. The topological polar surface area (TPSA) is 40.6 Å². The predicted octanol–water partition coefficient (Wildman–Crippen LogP) is 3.97. The van der Waals surface area contributed by atoms with E-state index < -0.39 is 11.7 Å². The van der Waals surface area contributed by atoms with Gasteiger partial charge in [-0.2, -0.15) is 13.2 Å². The number of rotatable bonds is 2. The van der Waals surface area contributed by atoms with Gasteiger partial charge >= 0.3 is 6.18 Å². The number of imide groups is 1. The maximum Gasteiger partial charge on any atom is 0.416 e. The molecule has 140 valence electrons. The first kappa shape index (κ1) is 17.6. The van der Waals surface area contributed by atoms with Crippen LogP contribution in [0.5, 0.6) is 0 Å². The first-order valence-electron chi connectivity index (χ1n) is 8.75. The van der Waals surface area contributed by atoms with E-state index >= 15 is 0 Å². The average Bonchev–Trinajstić information content (AvgIpc) is 2.92. The number of carbonyl (C=O) groups is 2. The Balaban J connectivity index is 1.44. The van der Waals surface area contributed by atoms with Crippen molar-refractivity contribution in [2.24, 2.45) is 0 Å². The fraction of sp³-hybridized carbons (Fsp3) is 0.300. The largest absolute Gasteiger partial charge is 0.416 e. The lowest BCUT2D eigenvalue weighted by Crippen LogP contribution is -2.47. The van der Waals surface area contributed by atoms with Crippen LogP contribution in [0, 0.1) is 0 Å². The summed E-state index contributed by atoms with van der Waals surface area (Å²) in [4.78, 5) is 28.5. The fourth-order valence-corrected chi connectivity index (χ4v) is 3.78. The number of alkyl halides is 3. The second-order valence-corrected chi connectivity index (χ2v) is 6.79. The van der Waals surface area contributed by atoms with Crippen LogP contribution in [0.2, 0.25) is 0 Å². The maximum atomic E-state index is 12.7. The molecule has 0 aromatic heterocycles. The van der Waals surface area contributed by atoms with Crippen LogP contribution in [0.25, 0.3) is 0 Å². The summed E-state index contributed by atoms with van der Waals surface area (Å²) in [5.74, 6) is -0.521. The second kappa shape index (κ2) is 6.40. The highest BCUT2D eigenvalue weighted by Gasteiger charge is 2.40. The Hall–Kier alpha value is -2.83. The van der Waals surface area contributed by atoms with Crippen molar-refractivity contribution >= 4 is 17.5 Å². The molecule has 2 aliphatic rings. The number of amides is 2. The minimum absolute atomic E-state index is 0.192. The van der Waals surface area contributed by atoms with Crippen molar-refractivity contribution in [3.05, 3.63) is 65.2 Å². The normalized spacial score (nSPS) is 18.2. The van der Waals surface area contributed by atoms with Gasteiger partial charge in [0.1, 0.15) is 0 Å². The lowest BCUT2D eigenvalue weighted by Gasteiger charge is -2.37. The van der Waals surface area contributed by atoms with Crippen molar-refractivity contribution in [3.8, 4) is 0 Å². The summed E-state index contributed by atoms with van der Waals surface area (Å²) in [6, 6.07) is 11.7. The number of fused-ring (bicyclic) bond motifs is 1. The van der Waals surface area contributed by atoms with Crippen LogP contribution in [0.15, 0.2) is 48.5 Å². The van der Waals surface area contributed by atoms with E-state index in [0.717, 1.165) is 12.1 Å². The van der Waals surface area contributed by atoms with Crippen LogP contribution in [0.3, 0.4) is 0 Å². The fourth-order valence-electron chi connectivity index (χ4n) is 3.78. The predicted molar refractivity (Wildman–Crippen MR) is 93.6 cm³/mol. The molecule has 0 radical (unpaired) electrons. The third-order valence-corrected chi connectivity index (χ3v) is 5.21. The van der Waals surface area contributed by atoms with E-state index in [-0.39, 0.29) is 17.9 Å². The number of hydrogen-bond acceptors (Lipinski definition) is 3. The summed E-state index contributed by atoms with van der Waals surface area (Å²) < 4.78 is 38.1. The Kier molecular flexibility index (Phi) is 4.17. The van der Waals surface area contributed by atoms with Gasteiger partial charge in [0.15, 0.2) is 0 Å². The number of carbonyl (C=O) groups excluding carboxylic acids is 2. The zero-order valence-electron chi connectivity index (χ0n) is 14.4. The van der Waals surface area contributed by atoms with Crippen LogP contribution in [-0.4, -0.2) is 35.8 Å². The number of anilines is 1. The monoisotopic (exact) mass is 374 g/mol. The van der Waals surface area contributed by atoms with Gasteiger partial charge in [0.2, 0.25) is 0 Å². The number of hydrogen-bond donors (Lipinski definition) is 0. The van der Waals surface area contributed by atoms with E-state index in [0.29, 0.717) is 42.7 Å². The van der Waals surface area contributed by atoms with E-state index in [1.165, 1.54) is 17.0 Å². The Morgan fingerprint density at radius 3 is 1.81 bits per heavy atom. The molecule has 1 fully saturated rings. The average molecular weight is 374 g/mol. The van der Waals surface area contributed by atoms with E-state index in [1.54, 1.807) is 24.3 Å². The molecule has 0 bridgehead atoms.